The molecule has 0 radical (unpaired) electrons. The fourth-order valence-electron chi connectivity index (χ4n) is 0.463. The molecule has 0 rings (SSSR count). The lowest BCUT2D eigenvalue weighted by molar-refractivity contribution is -0.162. The van der Waals surface area contributed by atoms with E-state index in [2.05, 4.69) is 22.1 Å². The normalized spacial score (nSPS) is 11.7. The van der Waals surface area contributed by atoms with Gasteiger partial charge < -0.3 is 10.0 Å². The molecule has 0 saturated carbocycles. The Morgan fingerprint density at radius 2 is 2.20 bits per heavy atom. The maximum absolute atomic E-state index is 10.8. The molecule has 0 aliphatic heterocycles. The summed E-state index contributed by atoms with van der Waals surface area (Å²) in [4.78, 5) is 4.39. The summed E-state index contributed by atoms with van der Waals surface area (Å²) in [6.45, 7) is 6.43. The highest BCUT2D eigenvalue weighted by molar-refractivity contribution is 5.22. The van der Waals surface area contributed by atoms with Crippen molar-refractivity contribution < 1.29 is 4.84 Å². The maximum Gasteiger partial charge on any atom is 0.111 e. The molecule has 5 heteroatoms. The number of hydrogen-bond acceptors (Lipinski definition) is 5. The number of hydroxylamine groups is 2. The Morgan fingerprint density at radius 3 is 2.50 bits per heavy atom. The van der Waals surface area contributed by atoms with Crippen LogP contribution in [0.5, 0.6) is 0 Å². The van der Waals surface area contributed by atoms with E-state index in [1.165, 1.54) is 7.11 Å². The molecule has 0 aromatic heterocycles. The first-order chi connectivity index (χ1) is 4.54. The van der Waals surface area contributed by atoms with Crippen LogP contribution in [0.4, 0.5) is 0 Å². The smallest absolute Gasteiger partial charge is 0.111 e. The molecular weight excluding hydrogens is 134 g/mol. The Kier molecular flexibility index (Phi) is 3.27. The number of nitrogens with zero attached hydrogens (tertiary/aromatic N) is 2. The molecule has 0 bridgehead atoms. The first kappa shape index (κ1) is 9.35. The summed E-state index contributed by atoms with van der Waals surface area (Å²) in [6, 6.07) is 0. The molecular formula is C5H12N3O2-. The molecule has 5 nitrogen and oxygen atoms in total. The predicted octanol–water partition coefficient (Wildman–Crippen LogP) is 0.289. The van der Waals surface area contributed by atoms with Gasteiger partial charge in [-0.15, -0.1) is 0 Å². The van der Waals surface area contributed by atoms with Crippen molar-refractivity contribution in [1.82, 2.24) is 10.7 Å². The summed E-state index contributed by atoms with van der Waals surface area (Å²) in [7, 11) is 1.29. The van der Waals surface area contributed by atoms with Crippen LogP contribution in [0.25, 0.3) is 0 Å². The van der Waals surface area contributed by atoms with E-state index in [0.717, 1.165) is 0 Å². The third kappa shape index (κ3) is 2.30. The highest BCUT2D eigenvalue weighted by atomic mass is 16.9. The molecule has 0 saturated heterocycles. The minimum absolute atomic E-state index is 0.404. The average Bonchev–Trinajstić information content (AvgIpc) is 1.86. The second-order valence-corrected chi connectivity index (χ2v) is 2.27. The largest absolute Gasteiger partial charge is 0.760 e. The van der Waals surface area contributed by atoms with Crippen molar-refractivity contribution in [3.63, 3.8) is 0 Å². The summed E-state index contributed by atoms with van der Waals surface area (Å²) >= 11 is 0. The summed E-state index contributed by atoms with van der Waals surface area (Å²) in [6.07, 6.45) is 0. The quantitative estimate of drug-likeness (QED) is 0.352. The highest BCUT2D eigenvalue weighted by Crippen LogP contribution is 2.07. The summed E-state index contributed by atoms with van der Waals surface area (Å²) in [5.74, 6) is 0. The minimum atomic E-state index is -0.865. The van der Waals surface area contributed by atoms with Gasteiger partial charge in [-0.3, -0.25) is 5.43 Å². The third-order valence-corrected chi connectivity index (χ3v) is 0.975. The Hall–Kier alpha value is -0.650. The topological polar surface area (TPSA) is 59.9 Å². The SMILES string of the molecule is C=NNC(C)(C)N([O-])OC. The molecule has 0 heterocycles. The van der Waals surface area contributed by atoms with Crippen LogP contribution in [0.1, 0.15) is 13.8 Å². The van der Waals surface area contributed by atoms with Gasteiger partial charge in [0.15, 0.2) is 0 Å². The van der Waals surface area contributed by atoms with Gasteiger partial charge in [0, 0.05) is 6.72 Å². The maximum atomic E-state index is 10.8. The Balaban J connectivity index is 3.94. The van der Waals surface area contributed by atoms with Crippen LogP contribution in [-0.4, -0.2) is 24.7 Å². The number of nitrogens with one attached hydrogen (secondary N) is 1. The van der Waals surface area contributed by atoms with E-state index in [0.29, 0.717) is 5.23 Å². The molecule has 0 aliphatic carbocycles. The van der Waals surface area contributed by atoms with Crippen molar-refractivity contribution >= 4 is 6.72 Å². The monoisotopic (exact) mass is 146 g/mol. The van der Waals surface area contributed by atoms with E-state index in [1.807, 2.05) is 0 Å². The van der Waals surface area contributed by atoms with E-state index in [1.54, 1.807) is 13.8 Å². The van der Waals surface area contributed by atoms with Gasteiger partial charge in [-0.2, -0.15) is 5.10 Å². The second-order valence-electron chi connectivity index (χ2n) is 2.27. The first-order valence-corrected chi connectivity index (χ1v) is 2.79. The van der Waals surface area contributed by atoms with Gasteiger partial charge >= 0.3 is 0 Å². The van der Waals surface area contributed by atoms with Crippen LogP contribution >= 0.6 is 0 Å². The number of hydrazone groups is 1. The molecule has 0 aromatic carbocycles. The zero-order valence-corrected chi connectivity index (χ0v) is 6.42. The summed E-state index contributed by atoms with van der Waals surface area (Å²) < 4.78 is 0. The van der Waals surface area contributed by atoms with Gasteiger partial charge in [0.1, 0.15) is 5.66 Å². The van der Waals surface area contributed by atoms with Crippen molar-refractivity contribution in [2.24, 2.45) is 5.10 Å². The molecule has 60 valence electrons. The van der Waals surface area contributed by atoms with Crippen LogP contribution in [0, 0.1) is 5.21 Å². The van der Waals surface area contributed by atoms with Gasteiger partial charge in [-0.05, 0) is 13.8 Å². The van der Waals surface area contributed by atoms with Gasteiger partial charge in [0.05, 0.1) is 7.11 Å². The van der Waals surface area contributed by atoms with Crippen molar-refractivity contribution in [2.75, 3.05) is 7.11 Å². The lowest BCUT2D eigenvalue weighted by Crippen LogP contribution is -2.49. The number of hydrogen-bond donors (Lipinski definition) is 1. The second kappa shape index (κ2) is 3.50. The van der Waals surface area contributed by atoms with Gasteiger partial charge in [0.25, 0.3) is 0 Å². The molecule has 0 unspecified atom stereocenters. The molecule has 0 amide bonds. The standard InChI is InChI=1S/C5H12N3O2/c1-5(2,7-6-3)8(9)10-4/h7H,3H2,1-2,4H3/q-1. The Morgan fingerprint density at radius 1 is 1.70 bits per heavy atom. The van der Waals surface area contributed by atoms with Crippen LogP contribution < -0.4 is 5.43 Å². The molecule has 10 heavy (non-hydrogen) atoms. The van der Waals surface area contributed by atoms with E-state index >= 15 is 0 Å². The minimum Gasteiger partial charge on any atom is -0.760 e. The van der Waals surface area contributed by atoms with Gasteiger partial charge in [0.2, 0.25) is 0 Å². The van der Waals surface area contributed by atoms with Crippen LogP contribution in [0.2, 0.25) is 0 Å². The van der Waals surface area contributed by atoms with E-state index in [4.69, 9.17) is 0 Å². The Labute approximate surface area is 60.2 Å². The lowest BCUT2D eigenvalue weighted by Gasteiger charge is -2.40. The summed E-state index contributed by atoms with van der Waals surface area (Å²) in [5, 5.41) is 14.5. The van der Waals surface area contributed by atoms with Crippen molar-refractivity contribution in [2.45, 2.75) is 19.5 Å². The zero-order valence-electron chi connectivity index (χ0n) is 6.42. The Bertz CT molecular complexity index is 115. The van der Waals surface area contributed by atoms with Gasteiger partial charge in [-0.25, -0.2) is 5.23 Å². The van der Waals surface area contributed by atoms with Crippen molar-refractivity contribution in [3.05, 3.63) is 5.21 Å². The summed E-state index contributed by atoms with van der Waals surface area (Å²) in [5.41, 5.74) is 1.61. The van der Waals surface area contributed by atoms with Crippen LogP contribution in [0.15, 0.2) is 5.10 Å². The molecule has 0 atom stereocenters. The molecule has 1 N–H and O–H groups in total. The fraction of sp³-hybridized carbons (Fsp3) is 0.800. The first-order valence-electron chi connectivity index (χ1n) is 2.79. The molecule has 0 spiro atoms. The average molecular weight is 146 g/mol. The predicted molar refractivity (Wildman–Crippen MR) is 39.0 cm³/mol. The van der Waals surface area contributed by atoms with E-state index in [9.17, 15) is 5.21 Å². The molecule has 0 aromatic rings. The molecule has 0 fully saturated rings. The zero-order chi connectivity index (χ0) is 8.20. The van der Waals surface area contributed by atoms with Crippen molar-refractivity contribution in [3.8, 4) is 0 Å². The number of rotatable bonds is 4. The highest BCUT2D eigenvalue weighted by Gasteiger charge is 2.17. The molecule has 0 aliphatic rings. The van der Waals surface area contributed by atoms with Crippen LogP contribution in [-0.2, 0) is 4.84 Å². The fourth-order valence-corrected chi connectivity index (χ4v) is 0.463. The lowest BCUT2D eigenvalue weighted by atomic mass is 10.3. The van der Waals surface area contributed by atoms with Crippen LogP contribution in [0.3, 0.4) is 0 Å². The van der Waals surface area contributed by atoms with E-state index in [-0.39, 0.29) is 0 Å². The van der Waals surface area contributed by atoms with E-state index < -0.39 is 5.66 Å². The van der Waals surface area contributed by atoms with Gasteiger partial charge in [-0.1, -0.05) is 0 Å². The third-order valence-electron chi connectivity index (χ3n) is 0.975. The van der Waals surface area contributed by atoms with Crippen molar-refractivity contribution in [1.29, 1.82) is 0 Å².